The monoisotopic (exact) mass is 254 g/mol. The zero-order chi connectivity index (χ0) is 17.2. The molecule has 0 radical (unpaired) electrons. The fourth-order valence-electron chi connectivity index (χ4n) is 1.30. The van der Waals surface area contributed by atoms with Crippen molar-refractivity contribution < 1.29 is 24.9 Å². The molecule has 2 unspecified atom stereocenters. The van der Waals surface area contributed by atoms with E-state index in [1.54, 1.807) is 6.92 Å². The SMILES string of the molecule is [2H]c1c([2H])c([2H])c(C(=O)OC(C)C(C)CC)c(C(=O)O)c1[2H]. The zero-order valence-electron chi connectivity index (χ0n) is 14.5. The molecule has 0 fully saturated rings. The largest absolute Gasteiger partial charge is 0.478 e. The molecule has 0 amide bonds. The molecule has 0 bridgehead atoms. The lowest BCUT2D eigenvalue weighted by molar-refractivity contribution is 0.0209. The van der Waals surface area contributed by atoms with E-state index in [0.717, 1.165) is 6.42 Å². The Labute approximate surface area is 112 Å². The van der Waals surface area contributed by atoms with Gasteiger partial charge in [0.1, 0.15) is 6.10 Å². The normalized spacial score (nSPS) is 16.8. The molecule has 1 aromatic rings. The van der Waals surface area contributed by atoms with Gasteiger partial charge >= 0.3 is 11.9 Å². The Morgan fingerprint density at radius 2 is 1.89 bits per heavy atom. The first-order valence-corrected chi connectivity index (χ1v) is 5.68. The standard InChI is InChI=1S/C14H18O4/c1-4-9(2)10(3)18-14(17)12-8-6-5-7-11(12)13(15)16/h5-10H,4H2,1-3H3,(H,15,16)/i5D,6D,7D,8D. The van der Waals surface area contributed by atoms with Crippen LogP contribution in [0.3, 0.4) is 0 Å². The molecule has 18 heavy (non-hydrogen) atoms. The molecule has 4 nitrogen and oxygen atoms in total. The lowest BCUT2D eigenvalue weighted by Gasteiger charge is -2.19. The molecule has 0 aliphatic rings. The summed E-state index contributed by atoms with van der Waals surface area (Å²) in [5.41, 5.74) is -1.42. The maximum absolute atomic E-state index is 12.2. The van der Waals surface area contributed by atoms with E-state index >= 15 is 0 Å². The molecular weight excluding hydrogens is 232 g/mol. The van der Waals surface area contributed by atoms with Crippen molar-refractivity contribution in [1.29, 1.82) is 0 Å². The summed E-state index contributed by atoms with van der Waals surface area (Å²) in [6.45, 7) is 5.42. The molecule has 0 aliphatic carbocycles. The van der Waals surface area contributed by atoms with Gasteiger partial charge in [-0.25, -0.2) is 9.59 Å². The van der Waals surface area contributed by atoms with Crippen LogP contribution in [-0.4, -0.2) is 23.1 Å². The van der Waals surface area contributed by atoms with Crippen LogP contribution in [0.25, 0.3) is 0 Å². The molecule has 0 heterocycles. The minimum absolute atomic E-state index is 0.0350. The van der Waals surface area contributed by atoms with Gasteiger partial charge in [-0.1, -0.05) is 32.4 Å². The fourth-order valence-corrected chi connectivity index (χ4v) is 1.30. The van der Waals surface area contributed by atoms with Gasteiger partial charge in [0.05, 0.1) is 16.6 Å². The third-order valence-electron chi connectivity index (χ3n) is 2.84. The van der Waals surface area contributed by atoms with Crippen molar-refractivity contribution in [2.75, 3.05) is 0 Å². The van der Waals surface area contributed by atoms with E-state index in [0.29, 0.717) is 0 Å². The maximum atomic E-state index is 12.2. The summed E-state index contributed by atoms with van der Waals surface area (Å²) in [5, 5.41) is 9.17. The number of esters is 1. The van der Waals surface area contributed by atoms with Crippen molar-refractivity contribution in [3.63, 3.8) is 0 Å². The molecule has 0 spiro atoms. The molecule has 0 saturated heterocycles. The molecule has 0 saturated carbocycles. The van der Waals surface area contributed by atoms with Gasteiger partial charge in [0, 0.05) is 0 Å². The highest BCUT2D eigenvalue weighted by atomic mass is 16.5. The Bertz CT molecular complexity index is 616. The van der Waals surface area contributed by atoms with Crippen molar-refractivity contribution >= 4 is 11.9 Å². The lowest BCUT2D eigenvalue weighted by atomic mass is 10.0. The Morgan fingerprint density at radius 1 is 1.33 bits per heavy atom. The number of carbonyl (C=O) groups is 2. The van der Waals surface area contributed by atoms with Crippen LogP contribution in [0.4, 0.5) is 0 Å². The van der Waals surface area contributed by atoms with Gasteiger partial charge in [-0.05, 0) is 24.9 Å². The van der Waals surface area contributed by atoms with Crippen molar-refractivity contribution in [3.8, 4) is 0 Å². The molecule has 1 aromatic carbocycles. The van der Waals surface area contributed by atoms with E-state index in [1.165, 1.54) is 0 Å². The molecule has 1 N–H and O–H groups in total. The van der Waals surface area contributed by atoms with Crippen LogP contribution in [-0.2, 0) is 4.74 Å². The van der Waals surface area contributed by atoms with Gasteiger partial charge in [0.15, 0.2) is 0 Å². The summed E-state index contributed by atoms with van der Waals surface area (Å²) >= 11 is 0. The highest BCUT2D eigenvalue weighted by Crippen LogP contribution is 2.16. The van der Waals surface area contributed by atoms with Crippen molar-refractivity contribution in [1.82, 2.24) is 0 Å². The van der Waals surface area contributed by atoms with E-state index in [1.807, 2.05) is 13.8 Å². The number of carboxylic acid groups (broad SMARTS) is 1. The molecule has 2 atom stereocenters. The minimum atomic E-state index is -1.60. The number of benzene rings is 1. The van der Waals surface area contributed by atoms with Gasteiger partial charge < -0.3 is 9.84 Å². The van der Waals surface area contributed by atoms with Crippen LogP contribution in [0.15, 0.2) is 24.2 Å². The average Bonchev–Trinajstić information content (AvgIpc) is 2.46. The highest BCUT2D eigenvalue weighted by molar-refractivity contribution is 6.02. The predicted octanol–water partition coefficient (Wildman–Crippen LogP) is 2.98. The third kappa shape index (κ3) is 3.32. The van der Waals surface area contributed by atoms with Crippen LogP contribution in [0.1, 0.15) is 53.4 Å². The molecule has 0 aliphatic heterocycles. The highest BCUT2D eigenvalue weighted by Gasteiger charge is 2.21. The van der Waals surface area contributed by atoms with Gasteiger partial charge in [0.2, 0.25) is 0 Å². The molecular formula is C14H18O4. The summed E-state index contributed by atoms with van der Waals surface area (Å²) in [7, 11) is 0. The summed E-state index contributed by atoms with van der Waals surface area (Å²) in [5.74, 6) is -2.62. The number of rotatable bonds is 5. The topological polar surface area (TPSA) is 63.6 Å². The Morgan fingerprint density at radius 3 is 2.39 bits per heavy atom. The molecule has 98 valence electrons. The van der Waals surface area contributed by atoms with Crippen molar-refractivity contribution in [3.05, 3.63) is 35.3 Å². The number of hydrogen-bond donors (Lipinski definition) is 1. The Kier molecular flexibility index (Phi) is 3.14. The number of hydrogen-bond acceptors (Lipinski definition) is 3. The Hall–Kier alpha value is -1.84. The van der Waals surface area contributed by atoms with Crippen LogP contribution in [0.5, 0.6) is 0 Å². The average molecular weight is 254 g/mol. The van der Waals surface area contributed by atoms with E-state index in [9.17, 15) is 9.59 Å². The molecule has 1 rings (SSSR count). The van der Waals surface area contributed by atoms with Gasteiger partial charge in [0.25, 0.3) is 0 Å². The lowest BCUT2D eigenvalue weighted by Crippen LogP contribution is -2.23. The second kappa shape index (κ2) is 6.19. The second-order valence-corrected chi connectivity index (χ2v) is 4.05. The van der Waals surface area contributed by atoms with Crippen LogP contribution in [0, 0.1) is 5.92 Å². The van der Waals surface area contributed by atoms with E-state index in [-0.39, 0.29) is 5.92 Å². The van der Waals surface area contributed by atoms with Gasteiger partial charge in [-0.3, -0.25) is 0 Å². The summed E-state index contributed by atoms with van der Waals surface area (Å²) in [6.07, 6.45) is 0.241. The zero-order valence-corrected chi connectivity index (χ0v) is 10.5. The minimum Gasteiger partial charge on any atom is -0.478 e. The van der Waals surface area contributed by atoms with E-state index in [4.69, 9.17) is 15.3 Å². The molecule has 0 aromatic heterocycles. The Balaban J connectivity index is 3.40. The van der Waals surface area contributed by atoms with E-state index in [2.05, 4.69) is 0 Å². The van der Waals surface area contributed by atoms with Crippen LogP contribution < -0.4 is 0 Å². The first-order valence-electron chi connectivity index (χ1n) is 7.68. The number of aromatic carboxylic acids is 1. The summed E-state index contributed by atoms with van der Waals surface area (Å²) < 4.78 is 35.6. The van der Waals surface area contributed by atoms with Gasteiger partial charge in [-0.15, -0.1) is 0 Å². The van der Waals surface area contributed by atoms with Crippen LogP contribution in [0.2, 0.25) is 0 Å². The van der Waals surface area contributed by atoms with Crippen molar-refractivity contribution in [2.24, 2.45) is 5.92 Å². The number of ether oxygens (including phenoxy) is 1. The molecule has 4 heteroatoms. The first-order chi connectivity index (χ1) is 10.1. The van der Waals surface area contributed by atoms with E-state index < -0.39 is 53.3 Å². The summed E-state index contributed by atoms with van der Waals surface area (Å²) in [6, 6.07) is -2.84. The summed E-state index contributed by atoms with van der Waals surface area (Å²) in [4.78, 5) is 23.5. The van der Waals surface area contributed by atoms with Gasteiger partial charge in [-0.2, -0.15) is 0 Å². The third-order valence-corrected chi connectivity index (χ3v) is 2.84. The first kappa shape index (κ1) is 9.14. The number of carbonyl (C=O) groups excluding carboxylic acids is 1. The number of carboxylic acids is 1. The second-order valence-electron chi connectivity index (χ2n) is 4.05. The maximum Gasteiger partial charge on any atom is 0.339 e. The fraction of sp³-hybridized carbons (Fsp3) is 0.429. The van der Waals surface area contributed by atoms with Crippen LogP contribution >= 0.6 is 0 Å². The van der Waals surface area contributed by atoms with Crippen molar-refractivity contribution in [2.45, 2.75) is 33.3 Å². The quantitative estimate of drug-likeness (QED) is 0.820. The smallest absolute Gasteiger partial charge is 0.339 e. The predicted molar refractivity (Wildman–Crippen MR) is 67.7 cm³/mol.